The monoisotopic (exact) mass is 572 g/mol. The molecule has 39 heavy (non-hydrogen) atoms. The molecule has 0 bridgehead atoms. The number of nitrogens with zero attached hydrogens (tertiary/aromatic N) is 4. The average Bonchev–Trinajstić information content (AvgIpc) is 3.43. The molecule has 5 N–H and O–H groups in total. The minimum Gasteiger partial charge on any atom is -0.406 e. The van der Waals surface area contributed by atoms with Crippen LogP contribution in [-0.4, -0.2) is 75.4 Å². The molecule has 1 saturated carbocycles. The first-order chi connectivity index (χ1) is 18.3. The van der Waals surface area contributed by atoms with E-state index in [-0.39, 0.29) is 35.8 Å². The van der Waals surface area contributed by atoms with Crippen LogP contribution in [0.25, 0.3) is 0 Å². The molecule has 1 aliphatic rings. The third kappa shape index (κ3) is 7.48. The van der Waals surface area contributed by atoms with Crippen LogP contribution in [0.15, 0.2) is 49.1 Å². The molecule has 0 aliphatic heterocycles. The molecule has 0 spiro atoms. The van der Waals surface area contributed by atoms with Crippen LogP contribution in [0.1, 0.15) is 28.0 Å². The van der Waals surface area contributed by atoms with Gasteiger partial charge in [0.2, 0.25) is 5.78 Å². The molecule has 0 radical (unpaired) electrons. The number of carbonyl (C=O) groups excluding carboxylic acids is 1. The predicted molar refractivity (Wildman–Crippen MR) is 127 cm³/mol. The number of carbonyl (C=O) groups is 1. The van der Waals surface area contributed by atoms with Crippen molar-refractivity contribution in [2.45, 2.75) is 37.6 Å². The summed E-state index contributed by atoms with van der Waals surface area (Å²) in [5.41, 5.74) is 0.644. The number of nitrogens with one attached hydrogen (secondary N) is 1. The lowest BCUT2D eigenvalue weighted by Crippen LogP contribution is -2.36. The van der Waals surface area contributed by atoms with Crippen LogP contribution in [0.4, 0.5) is 19.0 Å². The zero-order valence-corrected chi connectivity index (χ0v) is 20.7. The van der Waals surface area contributed by atoms with Gasteiger partial charge in [-0.1, -0.05) is 12.1 Å². The minimum absolute atomic E-state index is 0.0160. The Morgan fingerprint density at radius 1 is 1.18 bits per heavy atom. The molecule has 17 heteroatoms. The van der Waals surface area contributed by atoms with E-state index in [2.05, 4.69) is 29.3 Å². The van der Waals surface area contributed by atoms with Gasteiger partial charge in [0, 0.05) is 18.3 Å². The molecule has 4 atom stereocenters. The molecule has 1 fully saturated rings. The highest BCUT2D eigenvalue weighted by atomic mass is 32.2. The Morgan fingerprint density at radius 2 is 1.90 bits per heavy atom. The molecular weight excluding hydrogens is 549 g/mol. The molecule has 2 heterocycles. The fourth-order valence-electron chi connectivity index (χ4n) is 4.09. The molecule has 0 saturated heterocycles. The Balaban J connectivity index is 1.43. The first-order valence-electron chi connectivity index (χ1n) is 11.3. The summed E-state index contributed by atoms with van der Waals surface area (Å²) < 4.78 is 68.9. The van der Waals surface area contributed by atoms with E-state index in [0.29, 0.717) is 5.56 Å². The summed E-state index contributed by atoms with van der Waals surface area (Å²) in [6.07, 6.45) is -3.45. The van der Waals surface area contributed by atoms with Crippen molar-refractivity contribution >= 4 is 21.9 Å². The number of rotatable bonds is 10. The summed E-state index contributed by atoms with van der Waals surface area (Å²) in [7, 11) is -4.24. The van der Waals surface area contributed by atoms with Crippen molar-refractivity contribution in [1.29, 1.82) is 0 Å². The molecular formula is C22H23F3N6O7S. The Bertz CT molecular complexity index is 1420. The van der Waals surface area contributed by atoms with Crippen LogP contribution in [-0.2, 0) is 21.0 Å². The number of aliphatic hydroxyl groups is 2. The summed E-state index contributed by atoms with van der Waals surface area (Å²) in [6.45, 7) is -0.287. The van der Waals surface area contributed by atoms with Crippen molar-refractivity contribution < 1.29 is 45.5 Å². The van der Waals surface area contributed by atoms with Crippen molar-refractivity contribution in [3.05, 3.63) is 65.9 Å². The van der Waals surface area contributed by atoms with Gasteiger partial charge in [-0.15, -0.1) is 13.2 Å². The number of benzene rings is 1. The smallest absolute Gasteiger partial charge is 0.406 e. The van der Waals surface area contributed by atoms with Crippen molar-refractivity contribution in [3.8, 4) is 5.75 Å². The number of anilines is 1. The van der Waals surface area contributed by atoms with Gasteiger partial charge in [-0.3, -0.25) is 13.7 Å². The second-order valence-corrected chi connectivity index (χ2v) is 9.93. The molecule has 2 aromatic heterocycles. The van der Waals surface area contributed by atoms with Crippen molar-refractivity contribution in [2.24, 2.45) is 11.1 Å². The fourth-order valence-corrected chi connectivity index (χ4v) is 4.46. The van der Waals surface area contributed by atoms with Gasteiger partial charge in [-0.2, -0.15) is 13.5 Å². The van der Waals surface area contributed by atoms with E-state index in [1.54, 1.807) is 0 Å². The standard InChI is InChI=1S/C22H23F3N6O7S/c23-22(24,25)38-14-3-1-12(2-4-14)9-31-6-5-16(30-31)19(33)15-8-27-11-28-21(15)29-17-7-13(18(32)20(17)34)10-37-39(26,35)36/h1-6,8,11,13,17-18,20,32,34H,7,9-10H2,(H2,26,35,36)(H,27,28,29). The Kier molecular flexibility index (Phi) is 8.17. The number of aromatic nitrogens is 4. The average molecular weight is 573 g/mol. The van der Waals surface area contributed by atoms with E-state index in [1.807, 2.05) is 0 Å². The van der Waals surface area contributed by atoms with E-state index in [1.165, 1.54) is 41.6 Å². The van der Waals surface area contributed by atoms with E-state index in [9.17, 15) is 36.6 Å². The fraction of sp³-hybridized carbons (Fsp3) is 0.364. The SMILES string of the molecule is NS(=O)(=O)OCC1CC(Nc2ncncc2C(=O)c2ccn(Cc3ccc(OC(F)(F)F)cc3)n2)C(O)C1O. The number of nitrogens with two attached hydrogens (primary N) is 1. The van der Waals surface area contributed by atoms with E-state index < -0.39 is 53.2 Å². The summed E-state index contributed by atoms with van der Waals surface area (Å²) in [5.74, 6) is -1.64. The van der Waals surface area contributed by atoms with Crippen LogP contribution >= 0.6 is 0 Å². The second-order valence-electron chi connectivity index (χ2n) is 8.71. The molecule has 4 unspecified atom stereocenters. The van der Waals surface area contributed by atoms with Gasteiger partial charge in [0.05, 0.1) is 30.9 Å². The summed E-state index contributed by atoms with van der Waals surface area (Å²) >= 11 is 0. The molecule has 1 aromatic carbocycles. The summed E-state index contributed by atoms with van der Waals surface area (Å²) in [6, 6.07) is 5.82. The van der Waals surface area contributed by atoms with E-state index in [0.717, 1.165) is 12.1 Å². The molecule has 13 nitrogen and oxygen atoms in total. The Labute approximate surface area is 219 Å². The number of hydrogen-bond donors (Lipinski definition) is 4. The zero-order valence-electron chi connectivity index (χ0n) is 19.9. The van der Waals surface area contributed by atoms with Gasteiger partial charge in [0.15, 0.2) is 0 Å². The number of hydrogen-bond acceptors (Lipinski definition) is 11. The first kappa shape index (κ1) is 28.4. The molecule has 3 aromatic rings. The highest BCUT2D eigenvalue weighted by Crippen LogP contribution is 2.30. The van der Waals surface area contributed by atoms with Crippen LogP contribution in [0.5, 0.6) is 5.75 Å². The maximum Gasteiger partial charge on any atom is 0.573 e. The topological polar surface area (TPSA) is 192 Å². The summed E-state index contributed by atoms with van der Waals surface area (Å²) in [4.78, 5) is 21.1. The van der Waals surface area contributed by atoms with Crippen molar-refractivity contribution in [1.82, 2.24) is 19.7 Å². The van der Waals surface area contributed by atoms with Crippen LogP contribution in [0.3, 0.4) is 0 Å². The quantitative estimate of drug-likeness (QED) is 0.249. The highest BCUT2D eigenvalue weighted by Gasteiger charge is 2.42. The van der Waals surface area contributed by atoms with Gasteiger partial charge in [0.25, 0.3) is 0 Å². The molecule has 1 aliphatic carbocycles. The maximum atomic E-state index is 13.2. The number of ether oxygens (including phenoxy) is 1. The maximum absolute atomic E-state index is 13.2. The zero-order chi connectivity index (χ0) is 28.4. The lowest BCUT2D eigenvalue weighted by molar-refractivity contribution is -0.274. The minimum atomic E-state index is -4.80. The highest BCUT2D eigenvalue weighted by molar-refractivity contribution is 7.84. The molecule has 210 valence electrons. The predicted octanol–water partition coefficient (Wildman–Crippen LogP) is 0.593. The van der Waals surface area contributed by atoms with E-state index >= 15 is 0 Å². The first-order valence-corrected chi connectivity index (χ1v) is 12.8. The number of alkyl halides is 3. The lowest BCUT2D eigenvalue weighted by Gasteiger charge is -2.19. The van der Waals surface area contributed by atoms with Gasteiger partial charge >= 0.3 is 16.7 Å². The van der Waals surface area contributed by atoms with Crippen LogP contribution in [0.2, 0.25) is 0 Å². The van der Waals surface area contributed by atoms with Gasteiger partial charge < -0.3 is 20.3 Å². The summed E-state index contributed by atoms with van der Waals surface area (Å²) in [5, 5.41) is 32.6. The third-order valence-electron chi connectivity index (χ3n) is 5.90. The van der Waals surface area contributed by atoms with Gasteiger partial charge in [0.1, 0.15) is 29.7 Å². The Morgan fingerprint density at radius 3 is 2.56 bits per heavy atom. The van der Waals surface area contributed by atoms with Crippen molar-refractivity contribution in [2.75, 3.05) is 11.9 Å². The Hall–Kier alpha value is -3.64. The molecule has 4 rings (SSSR count). The van der Waals surface area contributed by atoms with Crippen LogP contribution in [0, 0.1) is 5.92 Å². The number of aliphatic hydroxyl groups excluding tert-OH is 2. The van der Waals surface area contributed by atoms with E-state index in [4.69, 9.17) is 5.14 Å². The van der Waals surface area contributed by atoms with Gasteiger partial charge in [-0.25, -0.2) is 15.1 Å². The third-order valence-corrected chi connectivity index (χ3v) is 6.37. The van der Waals surface area contributed by atoms with Gasteiger partial charge in [-0.05, 0) is 30.2 Å². The normalized spacial score (nSPS) is 21.6. The number of halogens is 3. The van der Waals surface area contributed by atoms with Crippen LogP contribution < -0.4 is 15.2 Å². The largest absolute Gasteiger partial charge is 0.573 e. The van der Waals surface area contributed by atoms with Crippen molar-refractivity contribution in [3.63, 3.8) is 0 Å². The second kappa shape index (κ2) is 11.2. The lowest BCUT2D eigenvalue weighted by atomic mass is 10.1. The molecule has 0 amide bonds. The number of ketones is 1.